The Morgan fingerprint density at radius 3 is 3.22 bits per heavy atom. The fraction of sp³-hybridized carbons (Fsp3) is 0.583. The van der Waals surface area contributed by atoms with E-state index >= 15 is 0 Å². The molecule has 0 bridgehead atoms. The molecule has 18 heavy (non-hydrogen) atoms. The summed E-state index contributed by atoms with van der Waals surface area (Å²) in [6.07, 6.45) is 3.44. The van der Waals surface area contributed by atoms with Crippen LogP contribution in [0.15, 0.2) is 12.3 Å². The molecule has 98 valence electrons. The molecule has 1 aromatic rings. The summed E-state index contributed by atoms with van der Waals surface area (Å²) >= 11 is 5.77. The molecule has 2 heterocycles. The molecule has 0 spiro atoms. The van der Waals surface area contributed by atoms with Crippen LogP contribution in [-0.4, -0.2) is 35.6 Å². The second-order valence-electron chi connectivity index (χ2n) is 4.22. The summed E-state index contributed by atoms with van der Waals surface area (Å²) in [7, 11) is 0. The van der Waals surface area contributed by atoms with Crippen LogP contribution in [0.25, 0.3) is 0 Å². The molecule has 1 unspecified atom stereocenters. The van der Waals surface area contributed by atoms with Crippen molar-refractivity contribution in [3.63, 3.8) is 0 Å². The first-order chi connectivity index (χ1) is 8.70. The van der Waals surface area contributed by atoms with Gasteiger partial charge in [0.05, 0.1) is 12.5 Å². The van der Waals surface area contributed by atoms with E-state index in [0.717, 1.165) is 25.2 Å². The highest BCUT2D eigenvalue weighted by Gasteiger charge is 2.27. The maximum Gasteiger partial charge on any atom is 0.310 e. The van der Waals surface area contributed by atoms with E-state index in [-0.39, 0.29) is 17.2 Å². The molecule has 0 aliphatic carbocycles. The minimum absolute atomic E-state index is 0.0764. The monoisotopic (exact) mass is 269 g/mol. The van der Waals surface area contributed by atoms with Crippen LogP contribution in [-0.2, 0) is 9.53 Å². The fourth-order valence-corrected chi connectivity index (χ4v) is 2.28. The third kappa shape index (κ3) is 3.10. The van der Waals surface area contributed by atoms with Gasteiger partial charge in [-0.2, -0.15) is 0 Å². The minimum Gasteiger partial charge on any atom is -0.466 e. The third-order valence-corrected chi connectivity index (χ3v) is 3.16. The molecule has 0 N–H and O–H groups in total. The molecule has 2 rings (SSSR count). The summed E-state index contributed by atoms with van der Waals surface area (Å²) < 4.78 is 5.06. The van der Waals surface area contributed by atoms with E-state index in [1.165, 1.54) is 0 Å². The van der Waals surface area contributed by atoms with Crippen LogP contribution in [0, 0.1) is 5.92 Å². The van der Waals surface area contributed by atoms with Crippen molar-refractivity contribution in [3.8, 4) is 0 Å². The average molecular weight is 270 g/mol. The predicted molar refractivity (Wildman–Crippen MR) is 68.6 cm³/mol. The first-order valence-corrected chi connectivity index (χ1v) is 6.48. The number of halogens is 1. The van der Waals surface area contributed by atoms with Gasteiger partial charge in [-0.1, -0.05) is 0 Å². The summed E-state index contributed by atoms with van der Waals surface area (Å²) in [6.45, 7) is 3.76. The van der Waals surface area contributed by atoms with Crippen molar-refractivity contribution in [1.82, 2.24) is 9.97 Å². The number of esters is 1. The van der Waals surface area contributed by atoms with Gasteiger partial charge in [-0.3, -0.25) is 4.79 Å². The molecule has 0 amide bonds. The van der Waals surface area contributed by atoms with Gasteiger partial charge >= 0.3 is 5.97 Å². The summed E-state index contributed by atoms with van der Waals surface area (Å²) in [5.41, 5.74) is 0. The molecule has 1 aliphatic heterocycles. The molecular formula is C12H16ClN3O2. The maximum absolute atomic E-state index is 11.7. The van der Waals surface area contributed by atoms with Crippen molar-refractivity contribution in [2.75, 3.05) is 24.6 Å². The molecule has 6 heteroatoms. The Labute approximate surface area is 111 Å². The highest BCUT2D eigenvalue weighted by Crippen LogP contribution is 2.22. The molecule has 1 fully saturated rings. The Morgan fingerprint density at radius 2 is 2.50 bits per heavy atom. The van der Waals surface area contributed by atoms with Crippen LogP contribution in [0.2, 0.25) is 5.28 Å². The molecule has 0 radical (unpaired) electrons. The molecule has 0 saturated carbocycles. The Balaban J connectivity index is 2.04. The molecular weight excluding hydrogens is 254 g/mol. The molecule has 1 atom stereocenters. The number of carbonyl (C=O) groups is 1. The van der Waals surface area contributed by atoms with Crippen molar-refractivity contribution >= 4 is 23.4 Å². The number of piperidine rings is 1. The van der Waals surface area contributed by atoms with Crippen molar-refractivity contribution in [3.05, 3.63) is 17.5 Å². The zero-order valence-corrected chi connectivity index (χ0v) is 11.1. The predicted octanol–water partition coefficient (Wildman–Crippen LogP) is 1.91. The smallest absolute Gasteiger partial charge is 0.310 e. The minimum atomic E-state index is -0.123. The zero-order valence-electron chi connectivity index (χ0n) is 10.3. The maximum atomic E-state index is 11.7. The number of hydrogen-bond acceptors (Lipinski definition) is 5. The van der Waals surface area contributed by atoms with Gasteiger partial charge in [0.2, 0.25) is 5.28 Å². The molecule has 1 aromatic heterocycles. The normalized spacial score (nSPS) is 19.7. The lowest BCUT2D eigenvalue weighted by Gasteiger charge is -2.32. The quantitative estimate of drug-likeness (QED) is 0.620. The lowest BCUT2D eigenvalue weighted by Crippen LogP contribution is -2.39. The summed E-state index contributed by atoms with van der Waals surface area (Å²) in [5.74, 6) is 0.568. The van der Waals surface area contributed by atoms with E-state index in [1.807, 2.05) is 6.92 Å². The Hall–Kier alpha value is -1.36. The van der Waals surface area contributed by atoms with Gasteiger partial charge in [0.15, 0.2) is 0 Å². The van der Waals surface area contributed by atoms with Crippen molar-refractivity contribution in [2.45, 2.75) is 19.8 Å². The number of aromatic nitrogens is 2. The van der Waals surface area contributed by atoms with E-state index in [0.29, 0.717) is 13.2 Å². The van der Waals surface area contributed by atoms with Crippen LogP contribution >= 0.6 is 11.6 Å². The van der Waals surface area contributed by atoms with E-state index in [4.69, 9.17) is 16.3 Å². The largest absolute Gasteiger partial charge is 0.466 e. The average Bonchev–Trinajstić information content (AvgIpc) is 2.39. The van der Waals surface area contributed by atoms with Crippen LogP contribution in [0.5, 0.6) is 0 Å². The summed E-state index contributed by atoms with van der Waals surface area (Å²) in [4.78, 5) is 21.8. The summed E-state index contributed by atoms with van der Waals surface area (Å²) in [5, 5.41) is 0.228. The lowest BCUT2D eigenvalue weighted by molar-refractivity contribution is -0.148. The van der Waals surface area contributed by atoms with Gasteiger partial charge in [0.25, 0.3) is 0 Å². The van der Waals surface area contributed by atoms with Gasteiger partial charge in [-0.15, -0.1) is 0 Å². The molecule has 0 aromatic carbocycles. The van der Waals surface area contributed by atoms with Crippen LogP contribution in [0.4, 0.5) is 5.82 Å². The first-order valence-electron chi connectivity index (χ1n) is 6.11. The van der Waals surface area contributed by atoms with Gasteiger partial charge in [-0.05, 0) is 37.4 Å². The number of ether oxygens (including phenoxy) is 1. The summed E-state index contributed by atoms with van der Waals surface area (Å²) in [6, 6.07) is 1.80. The highest BCUT2D eigenvalue weighted by atomic mass is 35.5. The van der Waals surface area contributed by atoms with E-state index in [1.54, 1.807) is 12.3 Å². The van der Waals surface area contributed by atoms with Crippen molar-refractivity contribution in [1.29, 1.82) is 0 Å². The Bertz CT molecular complexity index is 428. The number of hydrogen-bond donors (Lipinski definition) is 0. The molecule has 5 nitrogen and oxygen atoms in total. The zero-order chi connectivity index (χ0) is 13.0. The van der Waals surface area contributed by atoms with Crippen LogP contribution < -0.4 is 4.90 Å². The lowest BCUT2D eigenvalue weighted by atomic mass is 9.98. The Morgan fingerprint density at radius 1 is 1.67 bits per heavy atom. The third-order valence-electron chi connectivity index (χ3n) is 2.98. The second kappa shape index (κ2) is 6.00. The highest BCUT2D eigenvalue weighted by molar-refractivity contribution is 6.28. The van der Waals surface area contributed by atoms with Gasteiger partial charge < -0.3 is 9.64 Å². The van der Waals surface area contributed by atoms with Crippen LogP contribution in [0.3, 0.4) is 0 Å². The molecule has 1 aliphatic rings. The second-order valence-corrected chi connectivity index (χ2v) is 4.56. The standard InChI is InChI=1S/C12H16ClN3O2/c1-2-18-11(17)9-4-3-7-16(8-9)10-5-6-14-12(13)15-10/h5-6,9H,2-4,7-8H2,1H3. The number of carbonyl (C=O) groups excluding carboxylic acids is 1. The van der Waals surface area contributed by atoms with E-state index in [2.05, 4.69) is 14.9 Å². The number of anilines is 1. The van der Waals surface area contributed by atoms with Gasteiger partial charge in [0.1, 0.15) is 5.82 Å². The van der Waals surface area contributed by atoms with Gasteiger partial charge in [0, 0.05) is 19.3 Å². The van der Waals surface area contributed by atoms with E-state index < -0.39 is 0 Å². The molecule has 1 saturated heterocycles. The van der Waals surface area contributed by atoms with Crippen LogP contribution in [0.1, 0.15) is 19.8 Å². The van der Waals surface area contributed by atoms with E-state index in [9.17, 15) is 4.79 Å². The SMILES string of the molecule is CCOC(=O)C1CCCN(c2ccnc(Cl)n2)C1. The van der Waals surface area contributed by atoms with Crippen molar-refractivity contribution < 1.29 is 9.53 Å². The van der Waals surface area contributed by atoms with Gasteiger partial charge in [-0.25, -0.2) is 9.97 Å². The van der Waals surface area contributed by atoms with Crippen molar-refractivity contribution in [2.24, 2.45) is 5.92 Å². The Kier molecular flexibility index (Phi) is 4.36. The number of nitrogens with zero attached hydrogens (tertiary/aromatic N) is 3. The first kappa shape index (κ1) is 13.1. The fourth-order valence-electron chi connectivity index (χ4n) is 2.14. The topological polar surface area (TPSA) is 55.3 Å². The number of rotatable bonds is 3.